The summed E-state index contributed by atoms with van der Waals surface area (Å²) < 4.78 is 2.35. The number of pyridine rings is 1. The van der Waals surface area contributed by atoms with Gasteiger partial charge in [-0.15, -0.1) is 0 Å². The average Bonchev–Trinajstić information content (AvgIpc) is 2.49. The molecule has 1 N–H and O–H groups in total. The molecule has 0 unspecified atom stereocenters. The first-order chi connectivity index (χ1) is 9.78. The van der Waals surface area contributed by atoms with Gasteiger partial charge in [-0.25, -0.2) is 4.98 Å². The number of nitrogens with zero attached hydrogens (tertiary/aromatic N) is 4. The van der Waals surface area contributed by atoms with Crippen LogP contribution >= 0.6 is 12.2 Å². The first kappa shape index (κ1) is 12.7. The quantitative estimate of drug-likeness (QED) is 0.749. The molecule has 3 rings (SSSR count). The molecule has 0 aliphatic heterocycles. The smallest absolute Gasteiger partial charge is 0.226 e. The van der Waals surface area contributed by atoms with E-state index in [4.69, 9.17) is 12.2 Å². The molecule has 5 nitrogen and oxygen atoms in total. The van der Waals surface area contributed by atoms with Crippen LogP contribution in [0.5, 0.6) is 0 Å². The molecule has 0 spiro atoms. The SMILES string of the molecule is CNc1ncn(Cc2ccnc3ccccc23)c(=S)n1. The van der Waals surface area contributed by atoms with Crippen molar-refractivity contribution in [3.05, 3.63) is 53.2 Å². The van der Waals surface area contributed by atoms with Crippen LogP contribution in [-0.2, 0) is 6.54 Å². The van der Waals surface area contributed by atoms with E-state index in [-0.39, 0.29) is 0 Å². The number of rotatable bonds is 3. The van der Waals surface area contributed by atoms with Gasteiger partial charge in [0.15, 0.2) is 0 Å². The summed E-state index contributed by atoms with van der Waals surface area (Å²) in [6, 6.07) is 10.0. The number of anilines is 1. The standard InChI is InChI=1S/C14H13N5S/c1-15-13-17-9-19(14(20)18-13)8-10-6-7-16-12-5-3-2-4-11(10)12/h2-7,9H,8H2,1H3,(H,15,18,20). The van der Waals surface area contributed by atoms with Gasteiger partial charge in [-0.05, 0) is 29.9 Å². The Labute approximate surface area is 121 Å². The van der Waals surface area contributed by atoms with Crippen molar-refractivity contribution in [2.24, 2.45) is 0 Å². The van der Waals surface area contributed by atoms with E-state index in [2.05, 4.69) is 26.3 Å². The molecule has 2 aromatic heterocycles. The van der Waals surface area contributed by atoms with Crippen LogP contribution in [0.15, 0.2) is 42.9 Å². The van der Waals surface area contributed by atoms with Crippen LogP contribution in [-0.4, -0.2) is 26.6 Å². The van der Waals surface area contributed by atoms with Crippen molar-refractivity contribution < 1.29 is 0 Å². The summed E-state index contributed by atoms with van der Waals surface area (Å²) in [5.41, 5.74) is 2.12. The molecule has 0 aliphatic rings. The molecule has 0 amide bonds. The minimum absolute atomic E-state index is 0.505. The van der Waals surface area contributed by atoms with E-state index in [0.29, 0.717) is 17.3 Å². The number of hydrogen-bond donors (Lipinski definition) is 1. The summed E-state index contributed by atoms with van der Waals surface area (Å²) in [6.45, 7) is 0.631. The molecule has 0 fully saturated rings. The van der Waals surface area contributed by atoms with Crippen LogP contribution in [0.25, 0.3) is 10.9 Å². The summed E-state index contributed by atoms with van der Waals surface area (Å²) in [7, 11) is 1.77. The fraction of sp³-hybridized carbons (Fsp3) is 0.143. The number of aromatic nitrogens is 4. The van der Waals surface area contributed by atoms with Crippen LogP contribution < -0.4 is 5.32 Å². The van der Waals surface area contributed by atoms with Gasteiger partial charge < -0.3 is 9.88 Å². The Morgan fingerprint density at radius 1 is 1.20 bits per heavy atom. The van der Waals surface area contributed by atoms with E-state index >= 15 is 0 Å². The van der Waals surface area contributed by atoms with Crippen LogP contribution in [0.4, 0.5) is 5.95 Å². The van der Waals surface area contributed by atoms with Gasteiger partial charge in [0, 0.05) is 18.6 Å². The highest BCUT2D eigenvalue weighted by Gasteiger charge is 2.03. The molecule has 6 heteroatoms. The van der Waals surface area contributed by atoms with Crippen molar-refractivity contribution in [3.63, 3.8) is 0 Å². The van der Waals surface area contributed by atoms with Gasteiger partial charge in [-0.3, -0.25) is 4.98 Å². The number of nitrogens with one attached hydrogen (secondary N) is 1. The van der Waals surface area contributed by atoms with Crippen LogP contribution in [0.1, 0.15) is 5.56 Å². The summed E-state index contributed by atoms with van der Waals surface area (Å²) in [6.07, 6.45) is 3.51. The molecule has 0 saturated carbocycles. The molecule has 1 aromatic carbocycles. The minimum atomic E-state index is 0.505. The molecular weight excluding hydrogens is 270 g/mol. The largest absolute Gasteiger partial charge is 0.357 e. The molecule has 3 aromatic rings. The lowest BCUT2D eigenvalue weighted by molar-refractivity contribution is 0.728. The average molecular weight is 283 g/mol. The lowest BCUT2D eigenvalue weighted by Gasteiger charge is -2.09. The molecule has 20 heavy (non-hydrogen) atoms. The van der Waals surface area contributed by atoms with E-state index in [0.717, 1.165) is 16.5 Å². The first-order valence-electron chi connectivity index (χ1n) is 6.22. The highest BCUT2D eigenvalue weighted by atomic mass is 32.1. The molecular formula is C14H13N5S. The van der Waals surface area contributed by atoms with Crippen molar-refractivity contribution in [3.8, 4) is 0 Å². The zero-order chi connectivity index (χ0) is 13.9. The Morgan fingerprint density at radius 2 is 2.05 bits per heavy atom. The highest BCUT2D eigenvalue weighted by Crippen LogP contribution is 2.17. The number of hydrogen-bond acceptors (Lipinski definition) is 5. The van der Waals surface area contributed by atoms with Crippen molar-refractivity contribution in [1.82, 2.24) is 19.5 Å². The van der Waals surface area contributed by atoms with Crippen LogP contribution in [0.3, 0.4) is 0 Å². The van der Waals surface area contributed by atoms with E-state index in [9.17, 15) is 0 Å². The van der Waals surface area contributed by atoms with Gasteiger partial charge in [0.2, 0.25) is 10.7 Å². The molecule has 0 bridgehead atoms. The van der Waals surface area contributed by atoms with Gasteiger partial charge >= 0.3 is 0 Å². The van der Waals surface area contributed by atoms with Gasteiger partial charge in [0.05, 0.1) is 12.1 Å². The summed E-state index contributed by atoms with van der Waals surface area (Å²) in [4.78, 5) is 12.8. The Balaban J connectivity index is 2.03. The second kappa shape index (κ2) is 5.34. The summed E-state index contributed by atoms with van der Waals surface area (Å²) >= 11 is 5.28. The van der Waals surface area contributed by atoms with Crippen molar-refractivity contribution >= 4 is 29.1 Å². The lowest BCUT2D eigenvalue weighted by Crippen LogP contribution is -2.08. The number of para-hydroxylation sites is 1. The van der Waals surface area contributed by atoms with Crippen LogP contribution in [0.2, 0.25) is 0 Å². The Hall–Kier alpha value is -2.34. The number of benzene rings is 1. The first-order valence-corrected chi connectivity index (χ1v) is 6.62. The van der Waals surface area contributed by atoms with Crippen molar-refractivity contribution in [2.75, 3.05) is 12.4 Å². The fourth-order valence-corrected chi connectivity index (χ4v) is 2.26. The van der Waals surface area contributed by atoms with E-state index < -0.39 is 0 Å². The molecule has 0 atom stereocenters. The zero-order valence-electron chi connectivity index (χ0n) is 10.9. The van der Waals surface area contributed by atoms with Crippen LogP contribution in [0, 0.1) is 4.77 Å². The van der Waals surface area contributed by atoms with Crippen molar-refractivity contribution in [1.29, 1.82) is 0 Å². The molecule has 0 saturated heterocycles. The maximum atomic E-state index is 5.28. The third kappa shape index (κ3) is 2.37. The second-order valence-electron chi connectivity index (χ2n) is 4.33. The van der Waals surface area contributed by atoms with Gasteiger partial charge in [-0.2, -0.15) is 4.98 Å². The van der Waals surface area contributed by atoms with E-state index in [1.807, 2.05) is 35.0 Å². The zero-order valence-corrected chi connectivity index (χ0v) is 11.8. The predicted molar refractivity (Wildman–Crippen MR) is 81.2 cm³/mol. The fourth-order valence-electron chi connectivity index (χ4n) is 2.06. The minimum Gasteiger partial charge on any atom is -0.357 e. The normalized spacial score (nSPS) is 10.7. The monoisotopic (exact) mass is 283 g/mol. The lowest BCUT2D eigenvalue weighted by atomic mass is 10.1. The molecule has 0 aliphatic carbocycles. The topological polar surface area (TPSA) is 55.6 Å². The summed E-state index contributed by atoms with van der Waals surface area (Å²) in [5, 5.41) is 4.00. The Kier molecular flexibility index (Phi) is 3.39. The Bertz CT molecular complexity index is 807. The van der Waals surface area contributed by atoms with E-state index in [1.54, 1.807) is 13.4 Å². The van der Waals surface area contributed by atoms with E-state index in [1.165, 1.54) is 0 Å². The number of fused-ring (bicyclic) bond motifs is 1. The maximum Gasteiger partial charge on any atom is 0.226 e. The van der Waals surface area contributed by atoms with Gasteiger partial charge in [0.1, 0.15) is 6.33 Å². The molecule has 0 radical (unpaired) electrons. The third-order valence-electron chi connectivity index (χ3n) is 3.07. The highest BCUT2D eigenvalue weighted by molar-refractivity contribution is 7.71. The Morgan fingerprint density at radius 3 is 2.85 bits per heavy atom. The van der Waals surface area contributed by atoms with Gasteiger partial charge in [0.25, 0.3) is 0 Å². The molecule has 100 valence electrons. The maximum absolute atomic E-state index is 5.28. The molecule has 2 heterocycles. The third-order valence-corrected chi connectivity index (χ3v) is 3.40. The predicted octanol–water partition coefficient (Wildman–Crippen LogP) is 2.65. The van der Waals surface area contributed by atoms with Crippen molar-refractivity contribution in [2.45, 2.75) is 6.54 Å². The summed E-state index contributed by atoms with van der Waals surface area (Å²) in [5.74, 6) is 0.533. The second-order valence-corrected chi connectivity index (χ2v) is 4.69. The van der Waals surface area contributed by atoms with Gasteiger partial charge in [-0.1, -0.05) is 18.2 Å².